The van der Waals surface area contributed by atoms with Crippen LogP contribution in [0, 0.1) is 0 Å². The van der Waals surface area contributed by atoms with Crippen LogP contribution in [-0.2, 0) is 17.6 Å². The van der Waals surface area contributed by atoms with Crippen LogP contribution in [0.15, 0.2) is 47.5 Å². The summed E-state index contributed by atoms with van der Waals surface area (Å²) in [5, 5.41) is 4.02. The molecule has 1 fully saturated rings. The summed E-state index contributed by atoms with van der Waals surface area (Å²) >= 11 is 0. The summed E-state index contributed by atoms with van der Waals surface area (Å²) in [6.07, 6.45) is 4.29. The maximum atomic E-state index is 12.5. The number of amides is 1. The van der Waals surface area contributed by atoms with Gasteiger partial charge >= 0.3 is 0 Å². The van der Waals surface area contributed by atoms with Gasteiger partial charge in [0.2, 0.25) is 5.91 Å². The number of aromatic nitrogens is 3. The molecule has 29 heavy (non-hydrogen) atoms. The number of benzene rings is 1. The fourth-order valence-electron chi connectivity index (χ4n) is 3.78. The Hall–Kier alpha value is -3.22. The Labute approximate surface area is 169 Å². The molecule has 4 rings (SSSR count). The van der Waals surface area contributed by atoms with Crippen LogP contribution in [0.5, 0.6) is 0 Å². The molecule has 1 saturated heterocycles. The number of nitrogens with one attached hydrogen (secondary N) is 2. The first-order valence-corrected chi connectivity index (χ1v) is 10.1. The molecular weight excluding hydrogens is 366 g/mol. The monoisotopic (exact) mass is 391 g/mol. The highest BCUT2D eigenvalue weighted by Gasteiger charge is 2.22. The summed E-state index contributed by atoms with van der Waals surface area (Å²) in [4.78, 5) is 38.5. The minimum Gasteiger partial charge on any atom is -0.356 e. The molecule has 1 aromatic carbocycles. The number of nitrogens with zero attached hydrogens (tertiary/aromatic N) is 3. The van der Waals surface area contributed by atoms with Crippen molar-refractivity contribution in [2.45, 2.75) is 38.6 Å². The molecule has 0 atom stereocenters. The van der Waals surface area contributed by atoms with Crippen molar-refractivity contribution in [1.29, 1.82) is 0 Å². The van der Waals surface area contributed by atoms with E-state index in [-0.39, 0.29) is 23.9 Å². The van der Waals surface area contributed by atoms with Gasteiger partial charge in [0.1, 0.15) is 12.1 Å². The number of hydrogen-bond donors (Lipinski definition) is 2. The number of aryl methyl sites for hydroxylation is 1. The molecule has 0 unspecified atom stereocenters. The van der Waals surface area contributed by atoms with Gasteiger partial charge in [-0.3, -0.25) is 9.59 Å². The minimum absolute atomic E-state index is 0.0894. The van der Waals surface area contributed by atoms with Crippen LogP contribution in [0.25, 0.3) is 10.9 Å². The molecule has 1 amide bonds. The number of piperidine rings is 1. The maximum Gasteiger partial charge on any atom is 0.252 e. The summed E-state index contributed by atoms with van der Waals surface area (Å²) < 4.78 is 0. The predicted octanol–water partition coefficient (Wildman–Crippen LogP) is 2.21. The summed E-state index contributed by atoms with van der Waals surface area (Å²) in [5.41, 5.74) is 2.10. The van der Waals surface area contributed by atoms with Gasteiger partial charge in [-0.15, -0.1) is 0 Å². The van der Waals surface area contributed by atoms with Gasteiger partial charge in [0, 0.05) is 42.0 Å². The molecule has 7 nitrogen and oxygen atoms in total. The highest BCUT2D eigenvalue weighted by molar-refractivity contribution is 5.82. The molecule has 7 heteroatoms. The normalized spacial score (nSPS) is 14.9. The van der Waals surface area contributed by atoms with Crippen LogP contribution in [0.4, 0.5) is 5.82 Å². The molecule has 0 radical (unpaired) electrons. The number of carbonyl (C=O) groups is 1. The lowest BCUT2D eigenvalue weighted by Crippen LogP contribution is -2.45. The molecule has 0 aliphatic carbocycles. The number of para-hydroxylation sites is 1. The molecule has 0 spiro atoms. The molecule has 0 saturated carbocycles. The first-order valence-electron chi connectivity index (χ1n) is 10.1. The third kappa shape index (κ3) is 4.45. The van der Waals surface area contributed by atoms with E-state index < -0.39 is 0 Å². The van der Waals surface area contributed by atoms with Crippen LogP contribution in [0.1, 0.15) is 31.0 Å². The molecule has 3 heterocycles. The molecule has 150 valence electrons. The highest BCUT2D eigenvalue weighted by Crippen LogP contribution is 2.18. The van der Waals surface area contributed by atoms with E-state index in [1.54, 1.807) is 12.4 Å². The van der Waals surface area contributed by atoms with Crippen molar-refractivity contribution < 1.29 is 4.79 Å². The van der Waals surface area contributed by atoms with Gasteiger partial charge < -0.3 is 15.2 Å². The van der Waals surface area contributed by atoms with E-state index in [2.05, 4.69) is 32.1 Å². The van der Waals surface area contributed by atoms with Crippen molar-refractivity contribution in [2.75, 3.05) is 18.0 Å². The van der Waals surface area contributed by atoms with Crippen molar-refractivity contribution in [3.8, 4) is 0 Å². The third-order valence-corrected chi connectivity index (χ3v) is 5.44. The number of aromatic amines is 1. The predicted molar refractivity (Wildman–Crippen MR) is 113 cm³/mol. The first kappa shape index (κ1) is 19.1. The zero-order chi connectivity index (χ0) is 20.2. The highest BCUT2D eigenvalue weighted by atomic mass is 16.2. The molecular formula is C22H25N5O2. The quantitative estimate of drug-likeness (QED) is 0.696. The van der Waals surface area contributed by atoms with E-state index in [9.17, 15) is 9.59 Å². The summed E-state index contributed by atoms with van der Waals surface area (Å²) in [5.74, 6) is 0.837. The minimum atomic E-state index is -0.204. The number of pyridine rings is 1. The molecule has 1 aliphatic heterocycles. The number of rotatable bonds is 5. The Bertz CT molecular complexity index is 1070. The fourth-order valence-corrected chi connectivity index (χ4v) is 3.78. The van der Waals surface area contributed by atoms with Crippen LogP contribution < -0.4 is 15.8 Å². The standard InChI is InChI=1S/C22H25N5O2/c1-2-17-13-20(24-14-23-17)27-9-7-18(8-10-27)25-21(28)12-16-11-15-5-3-4-6-19(15)26-22(16)29/h3-6,11,13-14,18H,2,7-10,12H2,1H3,(H,25,28)(H,26,29). The SMILES string of the molecule is CCc1cc(N2CCC(NC(=O)Cc3cc4ccccc4[nH]c3=O)CC2)ncn1. The summed E-state index contributed by atoms with van der Waals surface area (Å²) in [6.45, 7) is 3.75. The maximum absolute atomic E-state index is 12.5. The van der Waals surface area contributed by atoms with Crippen molar-refractivity contribution in [1.82, 2.24) is 20.3 Å². The van der Waals surface area contributed by atoms with Crippen molar-refractivity contribution in [3.05, 3.63) is 64.3 Å². The lowest BCUT2D eigenvalue weighted by Gasteiger charge is -2.33. The molecule has 1 aliphatic rings. The summed E-state index contributed by atoms with van der Waals surface area (Å²) in [6, 6.07) is 11.5. The second-order valence-electron chi connectivity index (χ2n) is 7.44. The second-order valence-corrected chi connectivity index (χ2v) is 7.44. The number of H-pyrrole nitrogens is 1. The van der Waals surface area contributed by atoms with Crippen molar-refractivity contribution in [3.63, 3.8) is 0 Å². The molecule has 0 bridgehead atoms. The van der Waals surface area contributed by atoms with Crippen LogP contribution in [0.3, 0.4) is 0 Å². The van der Waals surface area contributed by atoms with E-state index in [0.717, 1.165) is 54.8 Å². The molecule has 2 N–H and O–H groups in total. The van der Waals surface area contributed by atoms with E-state index in [1.165, 1.54) is 0 Å². The Kier molecular flexibility index (Phi) is 5.55. The number of carbonyl (C=O) groups excluding carboxylic acids is 1. The number of hydrogen-bond acceptors (Lipinski definition) is 5. The molecule has 3 aromatic rings. The van der Waals surface area contributed by atoms with E-state index in [4.69, 9.17) is 0 Å². The smallest absolute Gasteiger partial charge is 0.252 e. The molecule has 2 aromatic heterocycles. The largest absolute Gasteiger partial charge is 0.356 e. The van der Waals surface area contributed by atoms with Gasteiger partial charge in [0.15, 0.2) is 0 Å². The van der Waals surface area contributed by atoms with Crippen LogP contribution >= 0.6 is 0 Å². The second kappa shape index (κ2) is 8.43. The van der Waals surface area contributed by atoms with Gasteiger partial charge in [-0.25, -0.2) is 9.97 Å². The van der Waals surface area contributed by atoms with Gasteiger partial charge in [-0.1, -0.05) is 25.1 Å². The zero-order valence-corrected chi connectivity index (χ0v) is 16.5. The first-order chi connectivity index (χ1) is 14.1. The lowest BCUT2D eigenvalue weighted by atomic mass is 10.0. The number of anilines is 1. The topological polar surface area (TPSA) is 91.0 Å². The lowest BCUT2D eigenvalue weighted by molar-refractivity contribution is -0.121. The average molecular weight is 391 g/mol. The fraction of sp³-hybridized carbons (Fsp3) is 0.364. The van der Waals surface area contributed by atoms with Gasteiger partial charge in [-0.2, -0.15) is 0 Å². The Balaban J connectivity index is 1.34. The van der Waals surface area contributed by atoms with Crippen LogP contribution in [0.2, 0.25) is 0 Å². The Morgan fingerprint density at radius 2 is 2.00 bits per heavy atom. The van der Waals surface area contributed by atoms with E-state index in [0.29, 0.717) is 5.56 Å². The van der Waals surface area contributed by atoms with Gasteiger partial charge in [0.25, 0.3) is 5.56 Å². The van der Waals surface area contributed by atoms with Crippen molar-refractivity contribution >= 4 is 22.6 Å². The van der Waals surface area contributed by atoms with Gasteiger partial charge in [0.05, 0.1) is 6.42 Å². The zero-order valence-electron chi connectivity index (χ0n) is 16.5. The van der Waals surface area contributed by atoms with Crippen molar-refractivity contribution in [2.24, 2.45) is 0 Å². The number of fused-ring (bicyclic) bond motifs is 1. The average Bonchev–Trinajstić information content (AvgIpc) is 2.75. The van der Waals surface area contributed by atoms with Gasteiger partial charge in [-0.05, 0) is 36.8 Å². The Morgan fingerprint density at radius 3 is 2.79 bits per heavy atom. The Morgan fingerprint density at radius 1 is 1.21 bits per heavy atom. The van der Waals surface area contributed by atoms with E-state index in [1.807, 2.05) is 30.3 Å². The third-order valence-electron chi connectivity index (χ3n) is 5.44. The van der Waals surface area contributed by atoms with E-state index >= 15 is 0 Å². The van der Waals surface area contributed by atoms with Crippen LogP contribution in [-0.4, -0.2) is 40.0 Å². The summed E-state index contributed by atoms with van der Waals surface area (Å²) in [7, 11) is 0.